The number of rotatable bonds is 1. The van der Waals surface area contributed by atoms with Gasteiger partial charge in [0.1, 0.15) is 5.60 Å². The predicted octanol–water partition coefficient (Wildman–Crippen LogP) is 0.714. The van der Waals surface area contributed by atoms with E-state index in [1.807, 2.05) is 18.2 Å². The summed E-state index contributed by atoms with van der Waals surface area (Å²) >= 11 is 0. The summed E-state index contributed by atoms with van der Waals surface area (Å²) in [6.07, 6.45) is 4.43. The Balaban J connectivity index is 1.91. The van der Waals surface area contributed by atoms with E-state index in [-0.39, 0.29) is 0 Å². The minimum Gasteiger partial charge on any atom is -0.385 e. The van der Waals surface area contributed by atoms with Crippen LogP contribution < -0.4 is 4.90 Å². The highest BCUT2D eigenvalue weighted by Crippen LogP contribution is 2.37. The second-order valence-corrected chi connectivity index (χ2v) is 5.52. The van der Waals surface area contributed by atoms with Crippen molar-refractivity contribution in [3.8, 4) is 0 Å². The zero-order valence-corrected chi connectivity index (χ0v) is 9.82. The normalized spacial score (nSPS) is 42.2. The zero-order valence-electron chi connectivity index (χ0n) is 9.82. The van der Waals surface area contributed by atoms with Gasteiger partial charge in [-0.1, -0.05) is 30.3 Å². The van der Waals surface area contributed by atoms with Gasteiger partial charge in [-0.25, -0.2) is 0 Å². The molecule has 0 aliphatic carbocycles. The SMILES string of the molecule is C[NH+]1[C@@H]2CC[C@H]1CC(O)(c1ccccc1)C2. The lowest BCUT2D eigenvalue weighted by atomic mass is 9.81. The van der Waals surface area contributed by atoms with Crippen LogP contribution in [0.25, 0.3) is 0 Å². The molecule has 1 aromatic carbocycles. The molecule has 2 bridgehead atoms. The summed E-state index contributed by atoms with van der Waals surface area (Å²) in [4.78, 5) is 1.64. The van der Waals surface area contributed by atoms with Crippen molar-refractivity contribution in [3.05, 3.63) is 35.9 Å². The standard InChI is InChI=1S/C14H19NO/c1-15-12-7-8-13(15)10-14(16,9-12)11-5-3-2-4-6-11/h2-6,12-13,16H,7-10H2,1H3/p+1/t12-,13+,14?. The third-order valence-electron chi connectivity index (χ3n) is 4.63. The van der Waals surface area contributed by atoms with Gasteiger partial charge in [-0.2, -0.15) is 0 Å². The summed E-state index contributed by atoms with van der Waals surface area (Å²) in [6.45, 7) is 0. The lowest BCUT2D eigenvalue weighted by Crippen LogP contribution is -3.15. The first kappa shape index (κ1) is 10.3. The topological polar surface area (TPSA) is 24.7 Å². The van der Waals surface area contributed by atoms with E-state index < -0.39 is 5.60 Å². The predicted molar refractivity (Wildman–Crippen MR) is 63.3 cm³/mol. The average molecular weight is 218 g/mol. The van der Waals surface area contributed by atoms with Crippen molar-refractivity contribution in [2.45, 2.75) is 43.4 Å². The molecule has 2 heterocycles. The average Bonchev–Trinajstić information content (AvgIpc) is 2.54. The van der Waals surface area contributed by atoms with Crippen LogP contribution in [0.3, 0.4) is 0 Å². The molecule has 2 unspecified atom stereocenters. The lowest BCUT2D eigenvalue weighted by Gasteiger charge is -2.39. The Morgan fingerprint density at radius 2 is 1.69 bits per heavy atom. The number of piperidine rings is 1. The molecule has 16 heavy (non-hydrogen) atoms. The zero-order chi connectivity index (χ0) is 11.2. The fourth-order valence-electron chi connectivity index (χ4n) is 3.60. The molecule has 0 saturated carbocycles. The summed E-state index contributed by atoms with van der Waals surface area (Å²) < 4.78 is 0. The Kier molecular flexibility index (Phi) is 2.30. The number of aliphatic hydroxyl groups is 1. The molecule has 1 aromatic rings. The first-order valence-corrected chi connectivity index (χ1v) is 6.30. The molecule has 0 spiro atoms. The van der Waals surface area contributed by atoms with E-state index in [0.29, 0.717) is 12.1 Å². The lowest BCUT2D eigenvalue weighted by molar-refractivity contribution is -0.925. The second-order valence-electron chi connectivity index (χ2n) is 5.52. The van der Waals surface area contributed by atoms with Crippen LogP contribution in [-0.2, 0) is 5.60 Å². The number of nitrogens with one attached hydrogen (secondary N) is 1. The van der Waals surface area contributed by atoms with E-state index in [9.17, 15) is 5.11 Å². The highest BCUT2D eigenvalue weighted by Gasteiger charge is 2.49. The van der Waals surface area contributed by atoms with Gasteiger partial charge in [0.2, 0.25) is 0 Å². The Hall–Kier alpha value is -0.860. The van der Waals surface area contributed by atoms with E-state index in [0.717, 1.165) is 18.4 Å². The fourth-order valence-corrected chi connectivity index (χ4v) is 3.60. The molecule has 2 aliphatic rings. The number of quaternary nitrogens is 1. The summed E-state index contributed by atoms with van der Waals surface area (Å²) in [5.74, 6) is 0. The van der Waals surface area contributed by atoms with Crippen LogP contribution >= 0.6 is 0 Å². The van der Waals surface area contributed by atoms with Gasteiger partial charge in [0.05, 0.1) is 19.1 Å². The van der Waals surface area contributed by atoms with Gasteiger partial charge in [0, 0.05) is 25.7 Å². The number of benzene rings is 1. The molecule has 2 N–H and O–H groups in total. The van der Waals surface area contributed by atoms with Gasteiger partial charge < -0.3 is 10.0 Å². The minimum absolute atomic E-state index is 0.563. The number of hydrogen-bond acceptors (Lipinski definition) is 1. The van der Waals surface area contributed by atoms with Gasteiger partial charge in [0.15, 0.2) is 0 Å². The molecule has 0 radical (unpaired) electrons. The second kappa shape index (κ2) is 3.57. The number of fused-ring (bicyclic) bond motifs is 2. The molecule has 0 aromatic heterocycles. The first-order valence-electron chi connectivity index (χ1n) is 6.30. The van der Waals surface area contributed by atoms with Crippen molar-refractivity contribution in [2.24, 2.45) is 0 Å². The monoisotopic (exact) mass is 218 g/mol. The van der Waals surface area contributed by atoms with Crippen LogP contribution in [0.5, 0.6) is 0 Å². The van der Waals surface area contributed by atoms with Crippen molar-refractivity contribution >= 4 is 0 Å². The van der Waals surface area contributed by atoms with Crippen LogP contribution in [0, 0.1) is 0 Å². The molecule has 2 fully saturated rings. The molecule has 2 heteroatoms. The van der Waals surface area contributed by atoms with Crippen LogP contribution in [0.4, 0.5) is 0 Å². The van der Waals surface area contributed by atoms with Gasteiger partial charge in [-0.15, -0.1) is 0 Å². The molecule has 3 rings (SSSR count). The van der Waals surface area contributed by atoms with Gasteiger partial charge in [0.25, 0.3) is 0 Å². The van der Waals surface area contributed by atoms with Gasteiger partial charge >= 0.3 is 0 Å². The van der Waals surface area contributed by atoms with Crippen molar-refractivity contribution in [2.75, 3.05) is 7.05 Å². The molecule has 4 atom stereocenters. The Bertz CT molecular complexity index is 362. The van der Waals surface area contributed by atoms with Gasteiger partial charge in [-0.05, 0) is 5.56 Å². The maximum absolute atomic E-state index is 10.8. The van der Waals surface area contributed by atoms with E-state index in [4.69, 9.17) is 0 Å². The van der Waals surface area contributed by atoms with E-state index in [1.165, 1.54) is 12.8 Å². The van der Waals surface area contributed by atoms with Crippen molar-refractivity contribution < 1.29 is 10.0 Å². The van der Waals surface area contributed by atoms with Crippen molar-refractivity contribution in [3.63, 3.8) is 0 Å². The Morgan fingerprint density at radius 1 is 1.12 bits per heavy atom. The molecular weight excluding hydrogens is 198 g/mol. The third kappa shape index (κ3) is 1.48. The summed E-state index contributed by atoms with van der Waals surface area (Å²) in [6, 6.07) is 11.5. The molecule has 86 valence electrons. The van der Waals surface area contributed by atoms with Crippen molar-refractivity contribution in [1.82, 2.24) is 0 Å². The Labute approximate surface area is 96.9 Å². The number of hydrogen-bond donors (Lipinski definition) is 2. The third-order valence-corrected chi connectivity index (χ3v) is 4.63. The highest BCUT2D eigenvalue weighted by molar-refractivity contribution is 5.23. The molecule has 2 aliphatic heterocycles. The van der Waals surface area contributed by atoms with E-state index in [2.05, 4.69) is 19.2 Å². The van der Waals surface area contributed by atoms with Crippen molar-refractivity contribution in [1.29, 1.82) is 0 Å². The van der Waals surface area contributed by atoms with Gasteiger partial charge in [-0.3, -0.25) is 0 Å². The van der Waals surface area contributed by atoms with Crippen LogP contribution in [0.2, 0.25) is 0 Å². The molecule has 0 amide bonds. The fraction of sp³-hybridized carbons (Fsp3) is 0.571. The first-order chi connectivity index (χ1) is 7.69. The van der Waals surface area contributed by atoms with Crippen LogP contribution in [0.15, 0.2) is 30.3 Å². The van der Waals surface area contributed by atoms with Crippen LogP contribution in [-0.4, -0.2) is 24.2 Å². The minimum atomic E-state index is -0.563. The van der Waals surface area contributed by atoms with E-state index in [1.54, 1.807) is 4.90 Å². The maximum Gasteiger partial charge on any atom is 0.101 e. The molecular formula is C14H20NO+. The Morgan fingerprint density at radius 3 is 2.25 bits per heavy atom. The largest absolute Gasteiger partial charge is 0.385 e. The summed E-state index contributed by atoms with van der Waals surface area (Å²) in [7, 11) is 2.28. The summed E-state index contributed by atoms with van der Waals surface area (Å²) in [5.41, 5.74) is 0.548. The highest BCUT2D eigenvalue weighted by atomic mass is 16.3. The maximum atomic E-state index is 10.8. The summed E-state index contributed by atoms with van der Waals surface area (Å²) in [5, 5.41) is 10.8. The quantitative estimate of drug-likeness (QED) is 0.713. The van der Waals surface area contributed by atoms with Crippen LogP contribution in [0.1, 0.15) is 31.2 Å². The van der Waals surface area contributed by atoms with E-state index >= 15 is 0 Å². The molecule has 2 nitrogen and oxygen atoms in total. The smallest absolute Gasteiger partial charge is 0.101 e. The molecule has 2 saturated heterocycles.